The van der Waals surface area contributed by atoms with E-state index >= 15 is 0 Å². The number of benzene rings is 2. The standard InChI is InChI=1S/C28H35ClN2O/c1-5-23(6-2)31-19-22(28(30-3)32-4)15-7-13-21-14-10-18-26(27(21)29)25-17-9-12-20-11-8-16-24(20)25/h7,9-10,12-15,17-18,23,31H,5-6,8,11,16,19H2,1-4H3/b13-7+,22-15-,30-28+. The summed E-state index contributed by atoms with van der Waals surface area (Å²) in [6, 6.07) is 13.3. The molecule has 0 saturated carbocycles. The molecule has 0 bridgehead atoms. The number of hydrogen-bond donors (Lipinski definition) is 1. The van der Waals surface area contributed by atoms with Crippen molar-refractivity contribution >= 4 is 23.6 Å². The Bertz CT molecular complexity index is 1000. The van der Waals surface area contributed by atoms with E-state index < -0.39 is 0 Å². The molecular formula is C28H35ClN2O. The monoisotopic (exact) mass is 450 g/mol. The molecule has 3 rings (SSSR count). The topological polar surface area (TPSA) is 33.6 Å². The van der Waals surface area contributed by atoms with Gasteiger partial charge in [-0.25, -0.2) is 0 Å². The zero-order chi connectivity index (χ0) is 22.9. The minimum Gasteiger partial charge on any atom is -0.481 e. The molecular weight excluding hydrogens is 416 g/mol. The summed E-state index contributed by atoms with van der Waals surface area (Å²) in [5, 5.41) is 4.39. The van der Waals surface area contributed by atoms with Crippen molar-refractivity contribution in [3.8, 4) is 11.1 Å². The number of methoxy groups -OCH3 is 1. The highest BCUT2D eigenvalue weighted by atomic mass is 35.5. The van der Waals surface area contributed by atoms with Crippen molar-refractivity contribution < 1.29 is 4.74 Å². The third-order valence-corrected chi connectivity index (χ3v) is 6.70. The highest BCUT2D eigenvalue weighted by molar-refractivity contribution is 6.34. The molecule has 1 aliphatic carbocycles. The Kier molecular flexibility index (Phi) is 9.13. The summed E-state index contributed by atoms with van der Waals surface area (Å²) in [5.74, 6) is 0.646. The lowest BCUT2D eigenvalue weighted by Crippen LogP contribution is -2.31. The van der Waals surface area contributed by atoms with Gasteiger partial charge in [0.15, 0.2) is 0 Å². The fraction of sp³-hybridized carbons (Fsp3) is 0.393. The third-order valence-electron chi connectivity index (χ3n) is 6.28. The van der Waals surface area contributed by atoms with Crippen LogP contribution in [0.15, 0.2) is 59.1 Å². The number of halogens is 1. The van der Waals surface area contributed by atoms with Gasteiger partial charge < -0.3 is 10.1 Å². The molecule has 1 N–H and O–H groups in total. The third kappa shape index (κ3) is 5.70. The minimum absolute atomic E-state index is 0.482. The van der Waals surface area contributed by atoms with Crippen LogP contribution in [0.1, 0.15) is 49.8 Å². The van der Waals surface area contributed by atoms with Gasteiger partial charge in [0.05, 0.1) is 12.1 Å². The zero-order valence-electron chi connectivity index (χ0n) is 19.7. The van der Waals surface area contributed by atoms with Gasteiger partial charge in [0.1, 0.15) is 0 Å². The molecule has 2 aromatic rings. The van der Waals surface area contributed by atoms with Crippen LogP contribution in [0.2, 0.25) is 5.02 Å². The molecule has 0 unspecified atom stereocenters. The number of hydrogen-bond acceptors (Lipinski definition) is 3. The van der Waals surface area contributed by atoms with Gasteiger partial charge in [-0.2, -0.15) is 0 Å². The average Bonchev–Trinajstić information content (AvgIpc) is 3.30. The highest BCUT2D eigenvalue weighted by Crippen LogP contribution is 2.37. The van der Waals surface area contributed by atoms with Crippen LogP contribution in [0.5, 0.6) is 0 Å². The van der Waals surface area contributed by atoms with Crippen molar-refractivity contribution in [3.05, 3.63) is 75.8 Å². The quantitative estimate of drug-likeness (QED) is 0.256. The maximum atomic E-state index is 6.89. The second-order valence-corrected chi connectivity index (χ2v) is 8.56. The summed E-state index contributed by atoms with van der Waals surface area (Å²) in [6.07, 6.45) is 11.9. The molecule has 170 valence electrons. The molecule has 0 saturated heterocycles. The lowest BCUT2D eigenvalue weighted by atomic mass is 9.95. The van der Waals surface area contributed by atoms with Crippen LogP contribution in [0.4, 0.5) is 0 Å². The fourth-order valence-electron chi connectivity index (χ4n) is 4.43. The second kappa shape index (κ2) is 12.0. The Balaban J connectivity index is 1.87. The SMILES string of the molecule is CCC(CC)NCC(=C/C=C/c1cccc(-c2cccc3c2CCC3)c1Cl)/C(=N\C)OC. The van der Waals surface area contributed by atoms with Crippen LogP contribution in [0.3, 0.4) is 0 Å². The molecule has 1 aliphatic rings. The Labute approximate surface area is 198 Å². The first-order valence-electron chi connectivity index (χ1n) is 11.6. The summed E-state index contributed by atoms with van der Waals surface area (Å²) >= 11 is 6.89. The van der Waals surface area contributed by atoms with Crippen LogP contribution in [-0.4, -0.2) is 32.6 Å². The lowest BCUT2D eigenvalue weighted by Gasteiger charge is -2.16. The van der Waals surface area contributed by atoms with E-state index in [2.05, 4.69) is 72.7 Å². The number of fused-ring (bicyclic) bond motifs is 1. The Morgan fingerprint density at radius 3 is 2.59 bits per heavy atom. The summed E-state index contributed by atoms with van der Waals surface area (Å²) in [5.41, 5.74) is 7.32. The van der Waals surface area contributed by atoms with Gasteiger partial charge in [-0.3, -0.25) is 4.99 Å². The van der Waals surface area contributed by atoms with E-state index in [4.69, 9.17) is 16.3 Å². The summed E-state index contributed by atoms with van der Waals surface area (Å²) in [7, 11) is 3.42. The number of nitrogens with one attached hydrogen (secondary N) is 1. The molecule has 0 heterocycles. The fourth-order valence-corrected chi connectivity index (χ4v) is 4.72. The molecule has 0 spiro atoms. The van der Waals surface area contributed by atoms with Crippen LogP contribution in [0.25, 0.3) is 17.2 Å². The van der Waals surface area contributed by atoms with Crippen LogP contribution in [-0.2, 0) is 17.6 Å². The smallest absolute Gasteiger partial charge is 0.212 e. The predicted octanol–water partition coefficient (Wildman–Crippen LogP) is 6.89. The maximum absolute atomic E-state index is 6.89. The number of ether oxygens (including phenoxy) is 1. The largest absolute Gasteiger partial charge is 0.481 e. The molecule has 0 amide bonds. The van der Waals surface area contributed by atoms with Crippen molar-refractivity contribution in [2.75, 3.05) is 20.7 Å². The highest BCUT2D eigenvalue weighted by Gasteiger charge is 2.17. The molecule has 32 heavy (non-hydrogen) atoms. The van der Waals surface area contributed by atoms with Gasteiger partial charge in [-0.05, 0) is 54.4 Å². The van der Waals surface area contributed by atoms with Gasteiger partial charge in [-0.15, -0.1) is 0 Å². The summed E-state index contributed by atoms with van der Waals surface area (Å²) < 4.78 is 5.49. The van der Waals surface area contributed by atoms with Crippen molar-refractivity contribution in [2.45, 2.75) is 52.0 Å². The first-order chi connectivity index (χ1) is 15.6. The van der Waals surface area contributed by atoms with E-state index in [1.807, 2.05) is 6.08 Å². The minimum atomic E-state index is 0.482. The number of rotatable bonds is 9. The van der Waals surface area contributed by atoms with Crippen molar-refractivity contribution in [2.24, 2.45) is 4.99 Å². The van der Waals surface area contributed by atoms with Gasteiger partial charge in [0, 0.05) is 30.8 Å². The number of nitrogens with zero attached hydrogens (tertiary/aromatic N) is 1. The van der Waals surface area contributed by atoms with Crippen LogP contribution in [0, 0.1) is 0 Å². The average molecular weight is 451 g/mol. The van der Waals surface area contributed by atoms with E-state index in [1.54, 1.807) is 14.2 Å². The molecule has 0 fully saturated rings. The normalized spacial score (nSPS) is 14.4. The van der Waals surface area contributed by atoms with E-state index in [9.17, 15) is 0 Å². The van der Waals surface area contributed by atoms with Gasteiger partial charge in [0.2, 0.25) is 5.90 Å². The van der Waals surface area contributed by atoms with E-state index in [1.165, 1.54) is 29.5 Å². The summed E-state index contributed by atoms with van der Waals surface area (Å²) in [6.45, 7) is 5.11. The first-order valence-corrected chi connectivity index (χ1v) is 12.0. The van der Waals surface area contributed by atoms with Crippen molar-refractivity contribution in [3.63, 3.8) is 0 Å². The molecule has 0 aliphatic heterocycles. The Morgan fingerprint density at radius 2 is 1.88 bits per heavy atom. The number of aliphatic imine (C=N–C) groups is 1. The van der Waals surface area contributed by atoms with Gasteiger partial charge in [-0.1, -0.05) is 80.1 Å². The zero-order valence-corrected chi connectivity index (χ0v) is 20.5. The Hall–Kier alpha value is -2.36. The maximum Gasteiger partial charge on any atom is 0.212 e. The predicted molar refractivity (Wildman–Crippen MR) is 139 cm³/mol. The molecule has 0 atom stereocenters. The molecule has 3 nitrogen and oxygen atoms in total. The number of aryl methyl sites for hydroxylation is 1. The molecule has 0 radical (unpaired) electrons. The lowest BCUT2D eigenvalue weighted by molar-refractivity contribution is 0.399. The molecule has 0 aromatic heterocycles. The molecule has 2 aromatic carbocycles. The second-order valence-electron chi connectivity index (χ2n) is 8.18. The molecule has 4 heteroatoms. The first kappa shape index (κ1) is 24.3. The van der Waals surface area contributed by atoms with Gasteiger partial charge >= 0.3 is 0 Å². The number of allylic oxidation sites excluding steroid dienone is 2. The van der Waals surface area contributed by atoms with Crippen LogP contribution >= 0.6 is 11.6 Å². The van der Waals surface area contributed by atoms with Crippen molar-refractivity contribution in [1.82, 2.24) is 5.32 Å². The van der Waals surface area contributed by atoms with E-state index in [-0.39, 0.29) is 0 Å². The Morgan fingerprint density at radius 1 is 1.12 bits per heavy atom. The summed E-state index contributed by atoms with van der Waals surface area (Å²) in [4.78, 5) is 4.29. The van der Waals surface area contributed by atoms with E-state index in [0.717, 1.165) is 41.0 Å². The van der Waals surface area contributed by atoms with Crippen molar-refractivity contribution in [1.29, 1.82) is 0 Å². The van der Waals surface area contributed by atoms with E-state index in [0.29, 0.717) is 18.5 Å². The van der Waals surface area contributed by atoms with Gasteiger partial charge in [0.25, 0.3) is 0 Å². The van der Waals surface area contributed by atoms with Crippen LogP contribution < -0.4 is 5.32 Å².